The number of nitro groups is 1. The highest BCUT2D eigenvalue weighted by atomic mass is 35.5. The van der Waals surface area contributed by atoms with E-state index in [4.69, 9.17) is 16.3 Å². The van der Waals surface area contributed by atoms with E-state index in [1.807, 2.05) is 30.3 Å². The molecule has 2 bridgehead atoms. The van der Waals surface area contributed by atoms with Crippen molar-refractivity contribution in [1.82, 2.24) is 15.3 Å². The van der Waals surface area contributed by atoms with Crippen molar-refractivity contribution in [3.05, 3.63) is 57.5 Å². The molecule has 2 fully saturated rings. The van der Waals surface area contributed by atoms with Crippen LogP contribution < -0.4 is 10.6 Å². The Morgan fingerprint density at radius 3 is 2.62 bits per heavy atom. The molecule has 0 unspecified atom stereocenters. The number of fused-ring (bicyclic) bond motifs is 2. The lowest BCUT2D eigenvalue weighted by molar-refractivity contribution is -0.384. The van der Waals surface area contributed by atoms with Crippen LogP contribution in [0.2, 0.25) is 5.15 Å². The van der Waals surface area contributed by atoms with Crippen LogP contribution in [-0.2, 0) is 11.3 Å². The van der Waals surface area contributed by atoms with Gasteiger partial charge < -0.3 is 15.4 Å². The Morgan fingerprint density at radius 2 is 1.93 bits per heavy atom. The van der Waals surface area contributed by atoms with Crippen LogP contribution in [0, 0.1) is 10.1 Å². The van der Waals surface area contributed by atoms with E-state index in [1.165, 1.54) is 6.33 Å². The fourth-order valence-corrected chi connectivity index (χ4v) is 4.53. The van der Waals surface area contributed by atoms with Gasteiger partial charge in [0.1, 0.15) is 11.9 Å². The Bertz CT molecular complexity index is 931. The standard InChI is InChI=1S/C19H20ClN5O4/c20-15-14(25(27)28)16(23-12-22-15)24-18-6-8-19(11-18,9-7-18)29-17(26)21-10-13-4-2-1-3-5-13/h1-5,12H,6-11H2,(H,21,26)(H,22,23,24). The average Bonchev–Trinajstić information content (AvgIpc) is 3.22. The molecule has 2 aliphatic rings. The molecule has 4 rings (SSSR count). The highest BCUT2D eigenvalue weighted by Gasteiger charge is 2.57. The van der Waals surface area contributed by atoms with Crippen molar-refractivity contribution in [2.45, 2.75) is 49.8 Å². The predicted molar refractivity (Wildman–Crippen MR) is 106 cm³/mol. The van der Waals surface area contributed by atoms with Gasteiger partial charge in [-0.1, -0.05) is 41.9 Å². The number of halogens is 1. The van der Waals surface area contributed by atoms with Crippen LogP contribution in [0.1, 0.15) is 37.7 Å². The molecule has 152 valence electrons. The fourth-order valence-electron chi connectivity index (χ4n) is 4.33. The molecule has 29 heavy (non-hydrogen) atoms. The van der Waals surface area contributed by atoms with Gasteiger partial charge in [0, 0.05) is 18.5 Å². The van der Waals surface area contributed by atoms with Crippen LogP contribution in [0.25, 0.3) is 0 Å². The minimum absolute atomic E-state index is 0.0984. The third kappa shape index (κ3) is 3.95. The number of rotatable bonds is 6. The maximum absolute atomic E-state index is 12.3. The zero-order chi connectivity index (χ0) is 20.5. The first kappa shape index (κ1) is 19.4. The highest BCUT2D eigenvalue weighted by molar-refractivity contribution is 6.31. The first-order chi connectivity index (χ1) is 13.9. The van der Waals surface area contributed by atoms with Crippen molar-refractivity contribution in [3.8, 4) is 0 Å². The second-order valence-corrected chi connectivity index (χ2v) is 7.97. The number of hydrogen-bond donors (Lipinski definition) is 2. The van der Waals surface area contributed by atoms with Crippen LogP contribution in [0.4, 0.5) is 16.3 Å². The van der Waals surface area contributed by atoms with E-state index in [0.717, 1.165) is 18.4 Å². The number of benzene rings is 1. The van der Waals surface area contributed by atoms with E-state index >= 15 is 0 Å². The second-order valence-electron chi connectivity index (χ2n) is 7.61. The van der Waals surface area contributed by atoms with Crippen LogP contribution in [-0.4, -0.2) is 32.1 Å². The molecule has 1 heterocycles. The van der Waals surface area contributed by atoms with E-state index in [9.17, 15) is 14.9 Å². The van der Waals surface area contributed by atoms with E-state index in [-0.39, 0.29) is 16.7 Å². The number of amides is 1. The number of hydrogen-bond acceptors (Lipinski definition) is 7. The Hall–Kier alpha value is -2.94. The number of anilines is 1. The lowest BCUT2D eigenvalue weighted by Gasteiger charge is -2.28. The summed E-state index contributed by atoms with van der Waals surface area (Å²) >= 11 is 5.88. The maximum Gasteiger partial charge on any atom is 0.407 e. The third-order valence-corrected chi connectivity index (χ3v) is 5.99. The van der Waals surface area contributed by atoms with Gasteiger partial charge in [-0.05, 0) is 31.2 Å². The molecule has 10 heteroatoms. The molecule has 0 saturated heterocycles. The number of nitrogens with zero attached hydrogens (tertiary/aromatic N) is 3. The molecule has 2 aliphatic carbocycles. The Morgan fingerprint density at radius 1 is 1.21 bits per heavy atom. The van der Waals surface area contributed by atoms with Crippen molar-refractivity contribution in [3.63, 3.8) is 0 Å². The number of carbonyl (C=O) groups is 1. The molecule has 1 amide bonds. The third-order valence-electron chi connectivity index (χ3n) is 5.71. The van der Waals surface area contributed by atoms with Crippen LogP contribution in [0.3, 0.4) is 0 Å². The molecule has 2 saturated carbocycles. The average molecular weight is 418 g/mol. The van der Waals surface area contributed by atoms with Crippen LogP contribution in [0.5, 0.6) is 0 Å². The van der Waals surface area contributed by atoms with E-state index in [2.05, 4.69) is 20.6 Å². The molecular weight excluding hydrogens is 398 g/mol. The number of alkyl carbamates (subject to hydrolysis) is 1. The Labute approximate surface area is 172 Å². The van der Waals surface area contributed by atoms with Crippen molar-refractivity contribution in [2.24, 2.45) is 0 Å². The summed E-state index contributed by atoms with van der Waals surface area (Å²) in [4.78, 5) is 30.8. The summed E-state index contributed by atoms with van der Waals surface area (Å²) in [6.45, 7) is 0.394. The highest BCUT2D eigenvalue weighted by Crippen LogP contribution is 2.54. The van der Waals surface area contributed by atoms with Gasteiger partial charge in [0.2, 0.25) is 11.0 Å². The SMILES string of the molecule is O=C(NCc1ccccc1)OC12CCC(Nc3ncnc(Cl)c3[N+](=O)[O-])(CC1)C2. The molecule has 0 radical (unpaired) electrons. The zero-order valence-electron chi connectivity index (χ0n) is 15.6. The fraction of sp³-hybridized carbons (Fsp3) is 0.421. The number of nitrogens with one attached hydrogen (secondary N) is 2. The van der Waals surface area contributed by atoms with Crippen LogP contribution in [0.15, 0.2) is 36.7 Å². The van der Waals surface area contributed by atoms with Gasteiger partial charge in [0.05, 0.1) is 4.92 Å². The monoisotopic (exact) mass is 417 g/mol. The van der Waals surface area contributed by atoms with Gasteiger partial charge in [-0.15, -0.1) is 0 Å². The molecular formula is C19H20ClN5O4. The van der Waals surface area contributed by atoms with Gasteiger partial charge >= 0.3 is 11.8 Å². The van der Waals surface area contributed by atoms with E-state index in [1.54, 1.807) is 0 Å². The summed E-state index contributed by atoms with van der Waals surface area (Å²) in [6, 6.07) is 9.59. The Kier molecular flexibility index (Phi) is 4.99. The molecule has 2 aromatic rings. The van der Waals surface area contributed by atoms with Crippen LogP contribution >= 0.6 is 11.6 Å². The lowest BCUT2D eigenvalue weighted by atomic mass is 9.92. The van der Waals surface area contributed by atoms with Crippen molar-refractivity contribution in [2.75, 3.05) is 5.32 Å². The van der Waals surface area contributed by atoms with E-state index < -0.39 is 22.2 Å². The molecule has 1 aromatic carbocycles. The summed E-state index contributed by atoms with van der Waals surface area (Å²) in [5.74, 6) is 0.0984. The predicted octanol–water partition coefficient (Wildman–Crippen LogP) is 3.83. The molecule has 0 aliphatic heterocycles. The molecule has 9 nitrogen and oxygen atoms in total. The van der Waals surface area contributed by atoms with Crippen molar-refractivity contribution >= 4 is 29.2 Å². The summed E-state index contributed by atoms with van der Waals surface area (Å²) in [5, 5.41) is 17.1. The number of carbonyl (C=O) groups excluding carboxylic acids is 1. The van der Waals surface area contributed by atoms with Gasteiger partial charge in [-0.2, -0.15) is 0 Å². The smallest absolute Gasteiger partial charge is 0.407 e. The molecule has 2 N–H and O–H groups in total. The topological polar surface area (TPSA) is 119 Å². The molecule has 1 aromatic heterocycles. The van der Waals surface area contributed by atoms with Crippen molar-refractivity contribution < 1.29 is 14.5 Å². The summed E-state index contributed by atoms with van der Waals surface area (Å²) in [7, 11) is 0. The summed E-state index contributed by atoms with van der Waals surface area (Å²) in [6.07, 6.45) is 4.12. The molecule has 0 spiro atoms. The van der Waals surface area contributed by atoms with Gasteiger partial charge in [-0.3, -0.25) is 10.1 Å². The zero-order valence-corrected chi connectivity index (χ0v) is 16.3. The second kappa shape index (κ2) is 7.47. The van der Waals surface area contributed by atoms with Gasteiger partial charge in [0.15, 0.2) is 0 Å². The molecule has 0 atom stereocenters. The number of aromatic nitrogens is 2. The minimum atomic E-state index is -0.591. The quantitative estimate of drug-likeness (QED) is 0.416. The minimum Gasteiger partial charge on any atom is -0.443 e. The van der Waals surface area contributed by atoms with E-state index in [0.29, 0.717) is 25.8 Å². The first-order valence-corrected chi connectivity index (χ1v) is 9.72. The number of ether oxygens (including phenoxy) is 1. The first-order valence-electron chi connectivity index (χ1n) is 9.34. The summed E-state index contributed by atoms with van der Waals surface area (Å²) in [5.41, 5.74) is -0.333. The Balaban J connectivity index is 1.41. The van der Waals surface area contributed by atoms with Gasteiger partial charge in [-0.25, -0.2) is 14.8 Å². The lowest BCUT2D eigenvalue weighted by Crippen LogP contribution is -2.35. The van der Waals surface area contributed by atoms with Gasteiger partial charge in [0.25, 0.3) is 0 Å². The van der Waals surface area contributed by atoms with Crippen molar-refractivity contribution in [1.29, 1.82) is 0 Å². The maximum atomic E-state index is 12.3. The summed E-state index contributed by atoms with van der Waals surface area (Å²) < 4.78 is 5.79. The normalized spacial score (nSPS) is 24.9. The largest absolute Gasteiger partial charge is 0.443 e.